The molecule has 0 unspecified atom stereocenters. The number of likely N-dealkylation sites (N-methyl/N-ethyl adjacent to an activating group) is 1. The fourth-order valence-electron chi connectivity index (χ4n) is 4.64. The second-order valence-corrected chi connectivity index (χ2v) is 10.0. The van der Waals surface area contributed by atoms with E-state index in [0.29, 0.717) is 18.7 Å². The summed E-state index contributed by atoms with van der Waals surface area (Å²) in [5.41, 5.74) is 2.56. The quantitative estimate of drug-likeness (QED) is 0.427. The Kier molecular flexibility index (Phi) is 6.86. The predicted octanol–water partition coefficient (Wildman–Crippen LogP) is 5.65. The van der Waals surface area contributed by atoms with Gasteiger partial charge in [0, 0.05) is 18.5 Å². The molecule has 1 atom stereocenters. The van der Waals surface area contributed by atoms with Crippen LogP contribution in [0.2, 0.25) is 0 Å². The van der Waals surface area contributed by atoms with Gasteiger partial charge in [-0.2, -0.15) is 0 Å². The zero-order chi connectivity index (χ0) is 25.3. The summed E-state index contributed by atoms with van der Waals surface area (Å²) in [6.45, 7) is 13.3. The molecular formula is C29H34N2O4. The molecule has 6 nitrogen and oxygen atoms in total. The van der Waals surface area contributed by atoms with Crippen LogP contribution in [0, 0.1) is 0 Å². The number of Topliss-reactive ketones (excluding diaryl/α,β-unsaturated/α-hetero) is 1. The van der Waals surface area contributed by atoms with Crippen LogP contribution in [0.3, 0.4) is 0 Å². The Morgan fingerprint density at radius 3 is 2.31 bits per heavy atom. The van der Waals surface area contributed by atoms with Gasteiger partial charge in [-0.3, -0.25) is 9.59 Å². The molecule has 1 amide bonds. The molecule has 2 heterocycles. The summed E-state index contributed by atoms with van der Waals surface area (Å²) < 4.78 is 5.81. The molecule has 1 N–H and O–H groups in total. The third-order valence-electron chi connectivity index (χ3n) is 6.84. The number of carbonyl (C=O) groups excluding carboxylic acids is 2. The molecule has 0 bridgehead atoms. The van der Waals surface area contributed by atoms with Crippen LogP contribution in [0.15, 0.2) is 70.3 Å². The molecule has 0 aliphatic carbocycles. The molecule has 0 saturated heterocycles. The standard InChI is InChI=1S/C29H34N2O4/c1-6-30(7-2)16-17-31-25(19-12-14-21(15-13-19)29(3,4)5)24(27(33)28(31)34)26(32)23-18-20-10-8-9-11-22(20)35-23/h8-15,18,25,33H,6-7,16-17H2,1-5H3/t25-/m0/s1. The van der Waals surface area contributed by atoms with Crippen LogP contribution < -0.4 is 0 Å². The first-order chi connectivity index (χ1) is 16.7. The van der Waals surface area contributed by atoms with Gasteiger partial charge in [-0.25, -0.2) is 0 Å². The average Bonchev–Trinajstić information content (AvgIpc) is 3.38. The minimum absolute atomic E-state index is 0.0304. The van der Waals surface area contributed by atoms with Crippen molar-refractivity contribution in [2.75, 3.05) is 26.2 Å². The first kappa shape index (κ1) is 24.7. The van der Waals surface area contributed by atoms with Crippen molar-refractivity contribution in [2.24, 2.45) is 0 Å². The van der Waals surface area contributed by atoms with Crippen molar-refractivity contribution in [3.8, 4) is 0 Å². The number of benzene rings is 2. The Labute approximate surface area is 206 Å². The number of aliphatic hydroxyl groups excluding tert-OH is 1. The molecular weight excluding hydrogens is 440 g/mol. The van der Waals surface area contributed by atoms with Crippen molar-refractivity contribution < 1.29 is 19.1 Å². The number of ketones is 1. The number of para-hydroxylation sites is 1. The van der Waals surface area contributed by atoms with Gasteiger partial charge in [-0.05, 0) is 41.8 Å². The highest BCUT2D eigenvalue weighted by molar-refractivity contribution is 6.16. The number of hydrogen-bond acceptors (Lipinski definition) is 5. The Hall–Kier alpha value is -3.38. The van der Waals surface area contributed by atoms with E-state index in [1.165, 1.54) is 0 Å². The van der Waals surface area contributed by atoms with Gasteiger partial charge in [0.05, 0.1) is 11.6 Å². The molecule has 184 valence electrons. The lowest BCUT2D eigenvalue weighted by Gasteiger charge is -2.29. The number of aliphatic hydroxyl groups is 1. The van der Waals surface area contributed by atoms with E-state index < -0.39 is 23.5 Å². The van der Waals surface area contributed by atoms with E-state index >= 15 is 0 Å². The molecule has 0 radical (unpaired) electrons. The van der Waals surface area contributed by atoms with Crippen LogP contribution in [-0.2, 0) is 10.2 Å². The molecule has 0 fully saturated rings. The third-order valence-corrected chi connectivity index (χ3v) is 6.84. The fraction of sp³-hybridized carbons (Fsp3) is 0.379. The molecule has 0 spiro atoms. The lowest BCUT2D eigenvalue weighted by atomic mass is 9.85. The van der Waals surface area contributed by atoms with Crippen molar-refractivity contribution in [3.05, 3.63) is 82.8 Å². The summed E-state index contributed by atoms with van der Waals surface area (Å²) in [6, 6.07) is 16.3. The van der Waals surface area contributed by atoms with Crippen LogP contribution in [-0.4, -0.2) is 52.8 Å². The molecule has 1 aromatic heterocycles. The first-order valence-corrected chi connectivity index (χ1v) is 12.3. The maximum Gasteiger partial charge on any atom is 0.290 e. The average molecular weight is 475 g/mol. The first-order valence-electron chi connectivity index (χ1n) is 12.3. The maximum atomic E-state index is 13.7. The molecule has 1 aliphatic rings. The Bertz CT molecular complexity index is 1230. The van der Waals surface area contributed by atoms with E-state index in [1.54, 1.807) is 17.0 Å². The molecule has 35 heavy (non-hydrogen) atoms. The zero-order valence-electron chi connectivity index (χ0n) is 21.2. The largest absolute Gasteiger partial charge is 0.503 e. The summed E-state index contributed by atoms with van der Waals surface area (Å²) in [4.78, 5) is 30.7. The Morgan fingerprint density at radius 2 is 1.71 bits per heavy atom. The number of amides is 1. The van der Waals surface area contributed by atoms with Gasteiger partial charge in [0.2, 0.25) is 5.78 Å². The maximum absolute atomic E-state index is 13.7. The Balaban J connectivity index is 1.76. The predicted molar refractivity (Wildman–Crippen MR) is 138 cm³/mol. The number of hydrogen-bond donors (Lipinski definition) is 1. The van der Waals surface area contributed by atoms with Crippen LogP contribution in [0.4, 0.5) is 0 Å². The minimum atomic E-state index is -0.687. The van der Waals surface area contributed by atoms with E-state index in [2.05, 4.69) is 39.5 Å². The summed E-state index contributed by atoms with van der Waals surface area (Å²) >= 11 is 0. The molecule has 3 aromatic rings. The van der Waals surface area contributed by atoms with Crippen LogP contribution in [0.5, 0.6) is 0 Å². The van der Waals surface area contributed by atoms with Crippen molar-refractivity contribution in [1.29, 1.82) is 0 Å². The van der Waals surface area contributed by atoms with E-state index in [-0.39, 0.29) is 16.7 Å². The summed E-state index contributed by atoms with van der Waals surface area (Å²) in [6.07, 6.45) is 0. The number of furan rings is 1. The van der Waals surface area contributed by atoms with Crippen molar-refractivity contribution in [2.45, 2.75) is 46.1 Å². The van der Waals surface area contributed by atoms with Gasteiger partial charge in [-0.1, -0.05) is 77.1 Å². The smallest absolute Gasteiger partial charge is 0.290 e. The van der Waals surface area contributed by atoms with Crippen LogP contribution in [0.1, 0.15) is 62.3 Å². The van der Waals surface area contributed by atoms with Gasteiger partial charge in [0.25, 0.3) is 5.91 Å². The monoisotopic (exact) mass is 474 g/mol. The summed E-state index contributed by atoms with van der Waals surface area (Å²) in [7, 11) is 0. The van der Waals surface area contributed by atoms with E-state index in [4.69, 9.17) is 4.42 Å². The number of carbonyl (C=O) groups is 2. The topological polar surface area (TPSA) is 74.0 Å². The Morgan fingerprint density at radius 1 is 1.06 bits per heavy atom. The second-order valence-electron chi connectivity index (χ2n) is 10.0. The zero-order valence-corrected chi connectivity index (χ0v) is 21.2. The van der Waals surface area contributed by atoms with Gasteiger partial charge >= 0.3 is 0 Å². The molecule has 6 heteroatoms. The van der Waals surface area contributed by atoms with Gasteiger partial charge < -0.3 is 19.3 Å². The number of nitrogens with zero attached hydrogens (tertiary/aromatic N) is 2. The van der Waals surface area contributed by atoms with Gasteiger partial charge in [-0.15, -0.1) is 0 Å². The highest BCUT2D eigenvalue weighted by atomic mass is 16.3. The minimum Gasteiger partial charge on any atom is -0.503 e. The summed E-state index contributed by atoms with van der Waals surface area (Å²) in [5.74, 6) is -1.38. The number of rotatable bonds is 8. The van der Waals surface area contributed by atoms with Gasteiger partial charge in [0.15, 0.2) is 11.5 Å². The second kappa shape index (κ2) is 9.70. The third kappa shape index (κ3) is 4.76. The van der Waals surface area contributed by atoms with E-state index in [0.717, 1.165) is 29.6 Å². The normalized spacial score (nSPS) is 16.7. The SMILES string of the molecule is CCN(CC)CCN1C(=O)C(O)=C(C(=O)c2cc3ccccc3o2)[C@@H]1c1ccc(C(C)(C)C)cc1. The lowest BCUT2D eigenvalue weighted by molar-refractivity contribution is -0.129. The van der Waals surface area contributed by atoms with E-state index in [1.807, 2.05) is 42.5 Å². The highest BCUT2D eigenvalue weighted by Gasteiger charge is 2.44. The molecule has 0 saturated carbocycles. The van der Waals surface area contributed by atoms with Crippen molar-refractivity contribution in [1.82, 2.24) is 9.80 Å². The van der Waals surface area contributed by atoms with E-state index in [9.17, 15) is 14.7 Å². The molecule has 4 rings (SSSR count). The number of fused-ring (bicyclic) bond motifs is 1. The summed E-state index contributed by atoms with van der Waals surface area (Å²) in [5, 5.41) is 11.7. The lowest BCUT2D eigenvalue weighted by Crippen LogP contribution is -2.38. The molecule has 1 aliphatic heterocycles. The van der Waals surface area contributed by atoms with Crippen molar-refractivity contribution in [3.63, 3.8) is 0 Å². The highest BCUT2D eigenvalue weighted by Crippen LogP contribution is 2.40. The van der Waals surface area contributed by atoms with Crippen LogP contribution in [0.25, 0.3) is 11.0 Å². The van der Waals surface area contributed by atoms with Crippen LogP contribution >= 0.6 is 0 Å². The van der Waals surface area contributed by atoms with Gasteiger partial charge in [0.1, 0.15) is 5.58 Å². The molecule has 2 aromatic carbocycles. The van der Waals surface area contributed by atoms with Crippen molar-refractivity contribution >= 4 is 22.7 Å². The fourth-order valence-corrected chi connectivity index (χ4v) is 4.64.